The topological polar surface area (TPSA) is 106 Å². The maximum absolute atomic E-state index is 13.0. The molecule has 1 fully saturated rings. The number of amides is 1. The monoisotopic (exact) mass is 370 g/mol. The van der Waals surface area contributed by atoms with Crippen LogP contribution in [-0.4, -0.2) is 42.9 Å². The van der Waals surface area contributed by atoms with Crippen LogP contribution in [0.25, 0.3) is 5.65 Å². The quantitative estimate of drug-likeness (QED) is 0.544. The average Bonchev–Trinajstić information content (AvgIpc) is 3.22. The number of anilines is 1. The van der Waals surface area contributed by atoms with Crippen molar-refractivity contribution >= 4 is 23.2 Å². The van der Waals surface area contributed by atoms with Crippen molar-refractivity contribution in [1.82, 2.24) is 19.5 Å². The highest BCUT2D eigenvalue weighted by molar-refractivity contribution is 5.86. The average molecular weight is 370 g/mol. The summed E-state index contributed by atoms with van der Waals surface area (Å²) in [5, 5.41) is 18.2. The van der Waals surface area contributed by atoms with Crippen LogP contribution in [0.1, 0.15) is 12.0 Å². The summed E-state index contributed by atoms with van der Waals surface area (Å²) in [6.07, 6.45) is 1.71. The lowest BCUT2D eigenvalue weighted by Gasteiger charge is -2.17. The smallest absolute Gasteiger partial charge is 0.358 e. The van der Waals surface area contributed by atoms with Crippen molar-refractivity contribution in [3.8, 4) is 0 Å². The number of hydrogen-bond donors (Lipinski definition) is 1. The minimum atomic E-state index is -0.568. The van der Waals surface area contributed by atoms with E-state index in [4.69, 9.17) is 0 Å². The number of carbonyl (C=O) groups is 1. The third-order valence-electron chi connectivity index (χ3n) is 4.44. The molecule has 0 aliphatic carbocycles. The maximum Gasteiger partial charge on any atom is 0.368 e. The van der Waals surface area contributed by atoms with Gasteiger partial charge in [0, 0.05) is 19.2 Å². The Labute approximate surface area is 152 Å². The Morgan fingerprint density at radius 1 is 1.26 bits per heavy atom. The molecular weight excluding hydrogens is 355 g/mol. The molecule has 1 saturated heterocycles. The van der Waals surface area contributed by atoms with Gasteiger partial charge in [0.1, 0.15) is 18.1 Å². The van der Waals surface area contributed by atoms with E-state index in [0.29, 0.717) is 31.0 Å². The van der Waals surface area contributed by atoms with Crippen LogP contribution in [0.15, 0.2) is 42.6 Å². The predicted molar refractivity (Wildman–Crippen MR) is 93.5 cm³/mol. The van der Waals surface area contributed by atoms with Gasteiger partial charge in [-0.15, -0.1) is 0 Å². The first-order chi connectivity index (χ1) is 13.0. The zero-order valence-electron chi connectivity index (χ0n) is 14.1. The summed E-state index contributed by atoms with van der Waals surface area (Å²) >= 11 is 0. The fourth-order valence-corrected chi connectivity index (χ4v) is 3.08. The van der Waals surface area contributed by atoms with Crippen molar-refractivity contribution in [2.75, 3.05) is 11.9 Å². The van der Waals surface area contributed by atoms with Crippen molar-refractivity contribution in [3.05, 3.63) is 64.1 Å². The van der Waals surface area contributed by atoms with Gasteiger partial charge >= 0.3 is 5.82 Å². The zero-order valence-corrected chi connectivity index (χ0v) is 14.1. The number of rotatable bonds is 5. The molecule has 1 N–H and O–H groups in total. The largest absolute Gasteiger partial charge is 0.368 e. The molecule has 1 amide bonds. The van der Waals surface area contributed by atoms with Crippen LogP contribution in [-0.2, 0) is 11.3 Å². The highest BCUT2D eigenvalue weighted by Gasteiger charge is 2.32. The molecule has 10 heteroatoms. The first kappa shape index (κ1) is 16.9. The van der Waals surface area contributed by atoms with Crippen LogP contribution in [0.3, 0.4) is 0 Å². The zero-order chi connectivity index (χ0) is 19.0. The number of aromatic nitrogens is 3. The molecule has 9 nitrogen and oxygen atoms in total. The molecule has 1 aromatic carbocycles. The number of imidazole rings is 1. The molecule has 2 aromatic heterocycles. The van der Waals surface area contributed by atoms with Gasteiger partial charge in [0.2, 0.25) is 11.6 Å². The van der Waals surface area contributed by atoms with Crippen molar-refractivity contribution in [2.45, 2.75) is 19.0 Å². The van der Waals surface area contributed by atoms with E-state index in [1.807, 2.05) is 0 Å². The SMILES string of the molecule is O=C1C(Nc2ccc3ncc([N+](=O)[O-])n3n2)CCN1Cc1ccc(F)cc1. The lowest BCUT2D eigenvalue weighted by Crippen LogP contribution is -2.33. The molecule has 1 unspecified atom stereocenters. The molecule has 0 spiro atoms. The van der Waals surface area contributed by atoms with E-state index in [1.165, 1.54) is 12.1 Å². The molecule has 27 heavy (non-hydrogen) atoms. The van der Waals surface area contributed by atoms with Crippen LogP contribution < -0.4 is 5.32 Å². The van der Waals surface area contributed by atoms with Crippen LogP contribution >= 0.6 is 0 Å². The molecule has 4 rings (SSSR count). The first-order valence-electron chi connectivity index (χ1n) is 8.30. The summed E-state index contributed by atoms with van der Waals surface area (Å²) in [7, 11) is 0. The van der Waals surface area contributed by atoms with Gasteiger partial charge < -0.3 is 20.3 Å². The standard InChI is InChI=1S/C17H15FN6O3/c18-12-3-1-11(2-4-12)10-22-8-7-13(17(22)25)20-14-5-6-15-19-9-16(24(26)27)23(15)21-14/h1-6,9,13H,7-8,10H2,(H,20,21). The molecule has 3 aromatic rings. The fourth-order valence-electron chi connectivity index (χ4n) is 3.08. The summed E-state index contributed by atoms with van der Waals surface area (Å²) in [5.41, 5.74) is 1.20. The Bertz CT molecular complexity index is 1020. The second-order valence-electron chi connectivity index (χ2n) is 6.23. The number of nitrogens with zero attached hydrogens (tertiary/aromatic N) is 5. The number of hydrogen-bond acceptors (Lipinski definition) is 6. The van der Waals surface area contributed by atoms with E-state index in [0.717, 1.165) is 16.3 Å². The summed E-state index contributed by atoms with van der Waals surface area (Å²) < 4.78 is 14.1. The number of likely N-dealkylation sites (tertiary alicyclic amines) is 1. The molecule has 1 aliphatic rings. The van der Waals surface area contributed by atoms with E-state index < -0.39 is 11.0 Å². The molecule has 0 saturated carbocycles. The van der Waals surface area contributed by atoms with Gasteiger partial charge in [-0.05, 0) is 35.1 Å². The second kappa shape index (κ2) is 6.63. The Morgan fingerprint density at radius 2 is 2.04 bits per heavy atom. The molecule has 138 valence electrons. The number of carbonyl (C=O) groups excluding carboxylic acids is 1. The number of nitrogens with one attached hydrogen (secondary N) is 1. The number of halogens is 1. The second-order valence-corrected chi connectivity index (χ2v) is 6.23. The summed E-state index contributed by atoms with van der Waals surface area (Å²) in [6.45, 7) is 0.956. The fraction of sp³-hybridized carbons (Fsp3) is 0.235. The Kier molecular flexibility index (Phi) is 4.15. The lowest BCUT2D eigenvalue weighted by atomic mass is 10.2. The molecule has 1 atom stereocenters. The molecule has 1 aliphatic heterocycles. The van der Waals surface area contributed by atoms with Crippen molar-refractivity contribution < 1.29 is 14.1 Å². The van der Waals surface area contributed by atoms with Crippen LogP contribution in [0.5, 0.6) is 0 Å². The summed E-state index contributed by atoms with van der Waals surface area (Å²) in [4.78, 5) is 28.7. The predicted octanol–water partition coefficient (Wildman–Crippen LogP) is 1.99. The van der Waals surface area contributed by atoms with Gasteiger partial charge in [-0.25, -0.2) is 9.37 Å². The van der Waals surface area contributed by atoms with Gasteiger partial charge in [0.05, 0.1) is 0 Å². The normalized spacial score (nSPS) is 16.9. The van der Waals surface area contributed by atoms with Crippen LogP contribution in [0.4, 0.5) is 16.0 Å². The van der Waals surface area contributed by atoms with Crippen LogP contribution in [0, 0.1) is 15.9 Å². The number of fused-ring (bicyclic) bond motifs is 1. The summed E-state index contributed by atoms with van der Waals surface area (Å²) in [5.74, 6) is -0.308. The Morgan fingerprint density at radius 3 is 2.78 bits per heavy atom. The minimum Gasteiger partial charge on any atom is -0.358 e. The number of nitro groups is 1. The Hall–Kier alpha value is -3.56. The highest BCUT2D eigenvalue weighted by Crippen LogP contribution is 2.20. The van der Waals surface area contributed by atoms with Crippen LogP contribution in [0.2, 0.25) is 0 Å². The lowest BCUT2D eigenvalue weighted by molar-refractivity contribution is -0.391. The molecule has 0 radical (unpaired) electrons. The highest BCUT2D eigenvalue weighted by atomic mass is 19.1. The minimum absolute atomic E-state index is 0.0960. The molecular formula is C17H15FN6O3. The third-order valence-corrected chi connectivity index (χ3v) is 4.44. The third kappa shape index (κ3) is 3.28. The van der Waals surface area contributed by atoms with E-state index >= 15 is 0 Å². The molecule has 0 bridgehead atoms. The molecule has 3 heterocycles. The van der Waals surface area contributed by atoms with Gasteiger partial charge in [-0.2, -0.15) is 0 Å². The maximum atomic E-state index is 13.0. The number of benzene rings is 1. The van der Waals surface area contributed by atoms with E-state index in [9.17, 15) is 19.3 Å². The van der Waals surface area contributed by atoms with Crippen molar-refractivity contribution in [1.29, 1.82) is 0 Å². The van der Waals surface area contributed by atoms with E-state index in [1.54, 1.807) is 29.2 Å². The van der Waals surface area contributed by atoms with Gasteiger partial charge in [-0.3, -0.25) is 4.79 Å². The van der Waals surface area contributed by atoms with E-state index in [2.05, 4.69) is 15.4 Å². The van der Waals surface area contributed by atoms with Gasteiger partial charge in [0.15, 0.2) is 5.82 Å². The van der Waals surface area contributed by atoms with E-state index in [-0.39, 0.29) is 17.5 Å². The Balaban J connectivity index is 1.47. The van der Waals surface area contributed by atoms with Gasteiger partial charge in [0.25, 0.3) is 0 Å². The van der Waals surface area contributed by atoms with Crippen molar-refractivity contribution in [3.63, 3.8) is 0 Å². The van der Waals surface area contributed by atoms with Crippen molar-refractivity contribution in [2.24, 2.45) is 0 Å². The summed E-state index contributed by atoms with van der Waals surface area (Å²) in [6, 6.07) is 8.78. The first-order valence-corrected chi connectivity index (χ1v) is 8.30. The van der Waals surface area contributed by atoms with Gasteiger partial charge in [-0.1, -0.05) is 21.7 Å².